The monoisotopic (exact) mass is 435 g/mol. The fraction of sp³-hybridized carbons (Fsp3) is 0.333. The fourth-order valence-electron chi connectivity index (χ4n) is 3.87. The molecule has 3 heterocycles. The van der Waals surface area contributed by atoms with E-state index in [1.807, 2.05) is 35.0 Å². The highest BCUT2D eigenvalue weighted by Gasteiger charge is 2.29. The lowest BCUT2D eigenvalue weighted by atomic mass is 9.99. The molecule has 2 aromatic heterocycles. The van der Waals surface area contributed by atoms with Gasteiger partial charge in [0.2, 0.25) is 5.88 Å². The second-order valence-electron chi connectivity index (χ2n) is 7.85. The summed E-state index contributed by atoms with van der Waals surface area (Å²) in [4.78, 5) is 21.0. The summed E-state index contributed by atoms with van der Waals surface area (Å²) in [5, 5.41) is 8.28. The van der Waals surface area contributed by atoms with Crippen LogP contribution in [0.25, 0.3) is 0 Å². The minimum Gasteiger partial charge on any atom is -0.466 e. The molecule has 0 unspecified atom stereocenters. The highest BCUT2D eigenvalue weighted by atomic mass is 19.1. The van der Waals surface area contributed by atoms with Crippen molar-refractivity contribution < 1.29 is 13.9 Å². The van der Waals surface area contributed by atoms with Gasteiger partial charge in [0.05, 0.1) is 11.7 Å². The van der Waals surface area contributed by atoms with Crippen molar-refractivity contribution in [2.45, 2.75) is 31.8 Å². The van der Waals surface area contributed by atoms with Gasteiger partial charge in [-0.05, 0) is 55.2 Å². The fourth-order valence-corrected chi connectivity index (χ4v) is 3.87. The first-order valence-corrected chi connectivity index (χ1v) is 10.7. The summed E-state index contributed by atoms with van der Waals surface area (Å²) in [7, 11) is 1.88. The molecule has 0 bridgehead atoms. The van der Waals surface area contributed by atoms with Crippen LogP contribution in [0.3, 0.4) is 0 Å². The standard InChI is InChI=1S/C24H26FN5O2/c1-29(16-18-8-10-19(25)11-9-18)22-12-13-23(28-27-22)32-17-24(31)30-15-5-3-7-21(30)20-6-2-4-14-26-20/h2,4,6,8-14,21H,3,5,7,15-17H2,1H3/t21-/m0/s1. The van der Waals surface area contributed by atoms with Crippen LogP contribution in [-0.4, -0.2) is 46.2 Å². The third kappa shape index (κ3) is 5.38. The summed E-state index contributed by atoms with van der Waals surface area (Å²) in [6.45, 7) is 1.17. The zero-order chi connectivity index (χ0) is 22.3. The molecule has 0 saturated carbocycles. The molecule has 32 heavy (non-hydrogen) atoms. The Morgan fingerprint density at radius 2 is 1.97 bits per heavy atom. The zero-order valence-corrected chi connectivity index (χ0v) is 18.0. The van der Waals surface area contributed by atoms with Crippen molar-refractivity contribution in [3.05, 3.63) is 77.9 Å². The molecule has 1 fully saturated rings. The van der Waals surface area contributed by atoms with E-state index >= 15 is 0 Å². The van der Waals surface area contributed by atoms with Crippen molar-refractivity contribution >= 4 is 11.7 Å². The highest BCUT2D eigenvalue weighted by molar-refractivity contribution is 5.78. The number of likely N-dealkylation sites (tertiary alicyclic amines) is 1. The Balaban J connectivity index is 1.33. The van der Waals surface area contributed by atoms with Crippen LogP contribution in [0.5, 0.6) is 5.88 Å². The van der Waals surface area contributed by atoms with E-state index in [1.54, 1.807) is 30.5 Å². The molecule has 1 aliphatic heterocycles. The number of nitrogens with zero attached hydrogens (tertiary/aromatic N) is 5. The molecule has 166 valence electrons. The number of benzene rings is 1. The topological polar surface area (TPSA) is 71.5 Å². The molecule has 3 aromatic rings. The van der Waals surface area contributed by atoms with Crippen LogP contribution in [0.4, 0.5) is 10.2 Å². The summed E-state index contributed by atoms with van der Waals surface area (Å²) in [5.74, 6) is 0.603. The van der Waals surface area contributed by atoms with E-state index in [4.69, 9.17) is 4.74 Å². The van der Waals surface area contributed by atoms with Crippen LogP contribution < -0.4 is 9.64 Å². The number of pyridine rings is 1. The van der Waals surface area contributed by atoms with Gasteiger partial charge < -0.3 is 14.5 Å². The molecular weight excluding hydrogens is 409 g/mol. The summed E-state index contributed by atoms with van der Waals surface area (Å²) in [5.41, 5.74) is 1.87. The molecule has 1 atom stereocenters. The molecule has 1 aliphatic rings. The lowest BCUT2D eigenvalue weighted by molar-refractivity contribution is -0.137. The summed E-state index contributed by atoms with van der Waals surface area (Å²) in [6.07, 6.45) is 4.71. The molecular formula is C24H26FN5O2. The molecule has 7 nitrogen and oxygen atoms in total. The average Bonchev–Trinajstić information content (AvgIpc) is 2.85. The lowest BCUT2D eigenvalue weighted by Gasteiger charge is -2.35. The first-order chi connectivity index (χ1) is 15.6. The Kier molecular flexibility index (Phi) is 6.89. The van der Waals surface area contributed by atoms with Gasteiger partial charge in [0, 0.05) is 32.4 Å². The van der Waals surface area contributed by atoms with Crippen molar-refractivity contribution in [1.29, 1.82) is 0 Å². The number of halogens is 1. The van der Waals surface area contributed by atoms with E-state index in [1.165, 1.54) is 12.1 Å². The molecule has 0 spiro atoms. The van der Waals surface area contributed by atoms with Crippen LogP contribution in [0.2, 0.25) is 0 Å². The highest BCUT2D eigenvalue weighted by Crippen LogP contribution is 2.29. The van der Waals surface area contributed by atoms with E-state index < -0.39 is 0 Å². The van der Waals surface area contributed by atoms with Crippen molar-refractivity contribution in [1.82, 2.24) is 20.1 Å². The van der Waals surface area contributed by atoms with Gasteiger partial charge in [-0.25, -0.2) is 4.39 Å². The second-order valence-corrected chi connectivity index (χ2v) is 7.85. The number of anilines is 1. The van der Waals surface area contributed by atoms with Crippen molar-refractivity contribution in [2.75, 3.05) is 25.1 Å². The first-order valence-electron chi connectivity index (χ1n) is 10.7. The van der Waals surface area contributed by atoms with Crippen LogP contribution >= 0.6 is 0 Å². The van der Waals surface area contributed by atoms with Crippen LogP contribution in [0, 0.1) is 5.82 Å². The van der Waals surface area contributed by atoms with Gasteiger partial charge in [-0.1, -0.05) is 18.2 Å². The van der Waals surface area contributed by atoms with Gasteiger partial charge in [0.15, 0.2) is 12.4 Å². The average molecular weight is 436 g/mol. The predicted molar refractivity (Wildman–Crippen MR) is 119 cm³/mol. The maximum Gasteiger partial charge on any atom is 0.261 e. The lowest BCUT2D eigenvalue weighted by Crippen LogP contribution is -2.41. The van der Waals surface area contributed by atoms with Crippen molar-refractivity contribution in [3.63, 3.8) is 0 Å². The van der Waals surface area contributed by atoms with E-state index in [0.29, 0.717) is 24.8 Å². The van der Waals surface area contributed by atoms with E-state index in [9.17, 15) is 9.18 Å². The molecule has 1 amide bonds. The quantitative estimate of drug-likeness (QED) is 0.563. The molecule has 0 N–H and O–H groups in total. The van der Waals surface area contributed by atoms with Gasteiger partial charge in [-0.15, -0.1) is 10.2 Å². The molecule has 4 rings (SSSR count). The normalized spacial score (nSPS) is 15.9. The Hall–Kier alpha value is -3.55. The number of aromatic nitrogens is 3. The minimum absolute atomic E-state index is 0.0189. The summed E-state index contributed by atoms with van der Waals surface area (Å²) < 4.78 is 18.7. The third-order valence-electron chi connectivity index (χ3n) is 5.55. The van der Waals surface area contributed by atoms with Crippen molar-refractivity contribution in [2.24, 2.45) is 0 Å². The maximum absolute atomic E-state index is 13.1. The number of piperidine rings is 1. The molecule has 1 aromatic carbocycles. The number of amides is 1. The Morgan fingerprint density at radius 3 is 2.69 bits per heavy atom. The van der Waals surface area contributed by atoms with Gasteiger partial charge in [-0.3, -0.25) is 9.78 Å². The number of ether oxygens (including phenoxy) is 1. The molecule has 0 aliphatic carbocycles. The SMILES string of the molecule is CN(Cc1ccc(F)cc1)c1ccc(OCC(=O)N2CCCC[C@H]2c2ccccn2)nn1. The Labute approximate surface area is 186 Å². The van der Waals surface area contributed by atoms with Gasteiger partial charge in [-0.2, -0.15) is 0 Å². The smallest absolute Gasteiger partial charge is 0.261 e. The van der Waals surface area contributed by atoms with Gasteiger partial charge in [0.1, 0.15) is 5.82 Å². The largest absolute Gasteiger partial charge is 0.466 e. The first kappa shape index (κ1) is 21.7. The zero-order valence-electron chi connectivity index (χ0n) is 18.0. The Morgan fingerprint density at radius 1 is 1.12 bits per heavy atom. The minimum atomic E-state index is -0.261. The summed E-state index contributed by atoms with van der Waals surface area (Å²) >= 11 is 0. The molecule has 0 radical (unpaired) electrons. The number of carbonyl (C=O) groups excluding carboxylic acids is 1. The van der Waals surface area contributed by atoms with Gasteiger partial charge >= 0.3 is 0 Å². The number of hydrogen-bond donors (Lipinski definition) is 0. The number of rotatable bonds is 7. The van der Waals surface area contributed by atoms with E-state index in [0.717, 1.165) is 30.5 Å². The van der Waals surface area contributed by atoms with E-state index in [-0.39, 0.29) is 24.4 Å². The van der Waals surface area contributed by atoms with Crippen LogP contribution in [-0.2, 0) is 11.3 Å². The number of hydrogen-bond acceptors (Lipinski definition) is 6. The maximum atomic E-state index is 13.1. The number of carbonyl (C=O) groups is 1. The predicted octanol–water partition coefficient (Wildman–Crippen LogP) is 3.78. The van der Waals surface area contributed by atoms with Crippen LogP contribution in [0.1, 0.15) is 36.6 Å². The summed E-state index contributed by atoms with van der Waals surface area (Å²) in [6, 6.07) is 15.6. The molecule has 1 saturated heterocycles. The van der Waals surface area contributed by atoms with Crippen molar-refractivity contribution in [3.8, 4) is 5.88 Å². The van der Waals surface area contributed by atoms with Gasteiger partial charge in [0.25, 0.3) is 5.91 Å². The van der Waals surface area contributed by atoms with Crippen LogP contribution in [0.15, 0.2) is 60.8 Å². The Bertz CT molecular complexity index is 1010. The van der Waals surface area contributed by atoms with E-state index in [2.05, 4.69) is 15.2 Å². The second kappa shape index (κ2) is 10.2. The molecule has 8 heteroatoms. The third-order valence-corrected chi connectivity index (χ3v) is 5.55.